The van der Waals surface area contributed by atoms with Crippen molar-refractivity contribution in [2.24, 2.45) is 0 Å². The van der Waals surface area contributed by atoms with E-state index in [1.54, 1.807) is 16.8 Å². The predicted molar refractivity (Wildman–Crippen MR) is 110 cm³/mol. The van der Waals surface area contributed by atoms with Crippen LogP contribution in [0, 0.1) is 0 Å². The molecule has 170 valence electrons. The first-order chi connectivity index (χ1) is 15.4. The van der Waals surface area contributed by atoms with E-state index in [2.05, 4.69) is 25.3 Å². The number of nitrogens with zero attached hydrogens (tertiary/aromatic N) is 8. The molecule has 0 atom stereocenters. The van der Waals surface area contributed by atoms with Gasteiger partial charge in [0, 0.05) is 38.8 Å². The predicted octanol–water partition coefficient (Wildman–Crippen LogP) is 1.40. The fourth-order valence-electron chi connectivity index (χ4n) is 4.32. The smallest absolute Gasteiger partial charge is 0.353 e. The fraction of sp³-hybridized carbons (Fsp3) is 0.550. The van der Waals surface area contributed by atoms with Crippen LogP contribution in [0.3, 0.4) is 0 Å². The molecule has 0 unspecified atom stereocenters. The summed E-state index contributed by atoms with van der Waals surface area (Å²) in [5.74, 6) is -0.675. The highest BCUT2D eigenvalue weighted by Gasteiger charge is 2.37. The van der Waals surface area contributed by atoms with Crippen LogP contribution in [0.5, 0.6) is 0 Å². The molecule has 1 saturated heterocycles. The van der Waals surface area contributed by atoms with E-state index in [-0.39, 0.29) is 11.2 Å². The molecule has 2 aliphatic rings. The highest BCUT2D eigenvalue weighted by atomic mass is 19.4. The molecule has 4 heterocycles. The third kappa shape index (κ3) is 4.06. The number of hydrogen-bond acceptors (Lipinski definition) is 7. The van der Waals surface area contributed by atoms with E-state index in [1.165, 1.54) is 6.07 Å². The lowest BCUT2D eigenvalue weighted by atomic mass is 9.97. The molecule has 9 nitrogen and oxygen atoms in total. The molecule has 0 spiro atoms. The molecule has 0 aromatic carbocycles. The third-order valence-electron chi connectivity index (χ3n) is 6.10. The topological polar surface area (TPSA) is 84.5 Å². The minimum absolute atomic E-state index is 0.0581. The molecule has 32 heavy (non-hydrogen) atoms. The van der Waals surface area contributed by atoms with Crippen LogP contribution in [0.2, 0.25) is 0 Å². The number of hydrogen-bond donors (Lipinski definition) is 0. The first-order valence-corrected chi connectivity index (χ1v) is 10.8. The van der Waals surface area contributed by atoms with Crippen molar-refractivity contribution in [1.82, 2.24) is 34.5 Å². The molecule has 0 saturated carbocycles. The zero-order chi connectivity index (χ0) is 22.3. The second-order valence-corrected chi connectivity index (χ2v) is 8.20. The average molecular weight is 448 g/mol. The molecule has 1 aliphatic heterocycles. The maximum absolute atomic E-state index is 13.1. The van der Waals surface area contributed by atoms with Crippen LogP contribution in [0.15, 0.2) is 23.0 Å². The van der Waals surface area contributed by atoms with Gasteiger partial charge in [-0.25, -0.2) is 4.68 Å². The van der Waals surface area contributed by atoms with Crippen molar-refractivity contribution in [3.05, 3.63) is 45.6 Å². The number of alkyl halides is 3. The molecule has 3 aromatic rings. The molecule has 12 heteroatoms. The molecular formula is C20H23F3N8O. The van der Waals surface area contributed by atoms with Gasteiger partial charge in [-0.15, -0.1) is 15.3 Å². The summed E-state index contributed by atoms with van der Waals surface area (Å²) in [6, 6.07) is 4.88. The standard InChI is InChI=1S/C20H23F3N8O/c21-20(22,23)19-25-24-16-5-6-17(27-31(16)19)29-10-7-28(8-11-29)9-12-30-18(32)13-14-3-1-2-4-15(14)26-30/h5-6,13H,1-4,7-12H2. The second-order valence-electron chi connectivity index (χ2n) is 8.20. The number of fused-ring (bicyclic) bond motifs is 2. The van der Waals surface area contributed by atoms with Crippen molar-refractivity contribution in [3.63, 3.8) is 0 Å². The summed E-state index contributed by atoms with van der Waals surface area (Å²) in [6.07, 6.45) is -0.543. The normalized spacial score (nSPS) is 17.7. The monoisotopic (exact) mass is 448 g/mol. The average Bonchev–Trinajstić information content (AvgIpc) is 3.22. The summed E-state index contributed by atoms with van der Waals surface area (Å²) in [7, 11) is 0. The van der Waals surface area contributed by atoms with Crippen molar-refractivity contribution >= 4 is 11.5 Å². The number of piperazine rings is 1. The summed E-state index contributed by atoms with van der Waals surface area (Å²) in [5.41, 5.74) is 2.12. The van der Waals surface area contributed by atoms with E-state index in [0.29, 0.717) is 45.1 Å². The molecule has 5 rings (SSSR count). The van der Waals surface area contributed by atoms with Crippen LogP contribution in [0.4, 0.5) is 19.0 Å². The van der Waals surface area contributed by atoms with E-state index in [4.69, 9.17) is 0 Å². The molecule has 1 aliphatic carbocycles. The molecule has 0 radical (unpaired) electrons. The summed E-state index contributed by atoms with van der Waals surface area (Å²) in [4.78, 5) is 16.5. The van der Waals surface area contributed by atoms with E-state index >= 15 is 0 Å². The number of halogens is 3. The largest absolute Gasteiger partial charge is 0.453 e. The Bertz CT molecular complexity index is 1180. The lowest BCUT2D eigenvalue weighted by molar-refractivity contribution is -0.146. The SMILES string of the molecule is O=c1cc2c(nn1CCN1CCN(c3ccc4nnc(C(F)(F)F)n4n3)CC1)CCCC2. The third-order valence-corrected chi connectivity index (χ3v) is 6.10. The quantitative estimate of drug-likeness (QED) is 0.597. The van der Waals surface area contributed by atoms with Crippen molar-refractivity contribution in [3.8, 4) is 0 Å². The van der Waals surface area contributed by atoms with Gasteiger partial charge < -0.3 is 4.90 Å². The Hall–Kier alpha value is -3.02. The lowest BCUT2D eigenvalue weighted by Gasteiger charge is -2.35. The lowest BCUT2D eigenvalue weighted by Crippen LogP contribution is -2.48. The minimum Gasteiger partial charge on any atom is -0.353 e. The maximum atomic E-state index is 13.1. The number of aromatic nitrogens is 6. The van der Waals surface area contributed by atoms with Crippen molar-refractivity contribution in [1.29, 1.82) is 0 Å². The Morgan fingerprint density at radius 3 is 2.50 bits per heavy atom. The molecule has 3 aromatic heterocycles. The first kappa shape index (κ1) is 20.9. The van der Waals surface area contributed by atoms with Crippen molar-refractivity contribution in [2.75, 3.05) is 37.6 Å². The first-order valence-electron chi connectivity index (χ1n) is 10.8. The molecule has 1 fully saturated rings. The molecular weight excluding hydrogens is 425 g/mol. The Labute approximate surface area is 181 Å². The Morgan fingerprint density at radius 1 is 0.938 bits per heavy atom. The molecule has 0 bridgehead atoms. The van der Waals surface area contributed by atoms with E-state index in [1.807, 2.05) is 4.90 Å². The van der Waals surface area contributed by atoms with Gasteiger partial charge in [0.25, 0.3) is 11.4 Å². The van der Waals surface area contributed by atoms with Gasteiger partial charge in [0.1, 0.15) is 5.82 Å². The van der Waals surface area contributed by atoms with Crippen LogP contribution in [0.1, 0.15) is 29.9 Å². The summed E-state index contributed by atoms with van der Waals surface area (Å²) in [5, 5.41) is 15.4. The zero-order valence-corrected chi connectivity index (χ0v) is 17.4. The maximum Gasteiger partial charge on any atom is 0.453 e. The highest BCUT2D eigenvalue weighted by Crippen LogP contribution is 2.28. The Morgan fingerprint density at radius 2 is 1.72 bits per heavy atom. The highest BCUT2D eigenvalue weighted by molar-refractivity contribution is 5.46. The van der Waals surface area contributed by atoms with Gasteiger partial charge in [0.05, 0.1) is 12.2 Å². The van der Waals surface area contributed by atoms with Gasteiger partial charge in [0.2, 0.25) is 0 Å². The van der Waals surface area contributed by atoms with E-state index in [0.717, 1.165) is 41.5 Å². The summed E-state index contributed by atoms with van der Waals surface area (Å²) >= 11 is 0. The molecule has 0 amide bonds. The van der Waals surface area contributed by atoms with Crippen molar-refractivity contribution < 1.29 is 13.2 Å². The van der Waals surface area contributed by atoms with E-state index < -0.39 is 12.0 Å². The number of anilines is 1. The van der Waals surface area contributed by atoms with Crippen molar-refractivity contribution in [2.45, 2.75) is 38.4 Å². The zero-order valence-electron chi connectivity index (χ0n) is 17.4. The molecule has 0 N–H and O–H groups in total. The number of aryl methyl sites for hydroxylation is 2. The minimum atomic E-state index is -4.62. The van der Waals surface area contributed by atoms with Gasteiger partial charge in [-0.3, -0.25) is 9.69 Å². The van der Waals surface area contributed by atoms with Crippen LogP contribution in [-0.4, -0.2) is 67.2 Å². The van der Waals surface area contributed by atoms with Crippen LogP contribution < -0.4 is 10.5 Å². The summed E-state index contributed by atoms with van der Waals surface area (Å²) < 4.78 is 41.6. The van der Waals surface area contributed by atoms with Crippen LogP contribution in [-0.2, 0) is 25.6 Å². The van der Waals surface area contributed by atoms with Gasteiger partial charge in [0.15, 0.2) is 5.65 Å². The Kier molecular flexibility index (Phi) is 5.31. The number of rotatable bonds is 4. The van der Waals surface area contributed by atoms with Gasteiger partial charge in [-0.05, 0) is 43.4 Å². The Balaban J connectivity index is 1.22. The van der Waals surface area contributed by atoms with Gasteiger partial charge >= 0.3 is 6.18 Å². The van der Waals surface area contributed by atoms with Crippen LogP contribution >= 0.6 is 0 Å². The van der Waals surface area contributed by atoms with Crippen LogP contribution in [0.25, 0.3) is 5.65 Å². The second kappa shape index (κ2) is 8.15. The van der Waals surface area contributed by atoms with Gasteiger partial charge in [-0.2, -0.15) is 22.8 Å². The summed E-state index contributed by atoms with van der Waals surface area (Å²) in [6.45, 7) is 3.88. The van der Waals surface area contributed by atoms with E-state index in [9.17, 15) is 18.0 Å². The fourth-order valence-corrected chi connectivity index (χ4v) is 4.32. The van der Waals surface area contributed by atoms with Gasteiger partial charge in [-0.1, -0.05) is 0 Å².